The van der Waals surface area contributed by atoms with Crippen LogP contribution in [-0.4, -0.2) is 35.4 Å². The number of hydrogen-bond acceptors (Lipinski definition) is 6. The van der Waals surface area contributed by atoms with Crippen LogP contribution < -0.4 is 4.74 Å². The van der Waals surface area contributed by atoms with Gasteiger partial charge in [0.2, 0.25) is 0 Å². The van der Waals surface area contributed by atoms with E-state index < -0.39 is 12.0 Å². The number of aromatic nitrogens is 1. The highest BCUT2D eigenvalue weighted by molar-refractivity contribution is 7.20. The number of nitrogens with zero attached hydrogens (tertiary/aromatic N) is 1. The van der Waals surface area contributed by atoms with Crippen molar-refractivity contribution < 1.29 is 23.5 Å². The van der Waals surface area contributed by atoms with Crippen LogP contribution in [-0.2, 0) is 22.6 Å². The Hall–Kier alpha value is -2.94. The third-order valence-electron chi connectivity index (χ3n) is 5.85. The third kappa shape index (κ3) is 4.06. The van der Waals surface area contributed by atoms with Crippen molar-refractivity contribution in [1.82, 2.24) is 9.88 Å². The summed E-state index contributed by atoms with van der Waals surface area (Å²) in [5.74, 6) is 1.15. The topological polar surface area (TPSA) is 84.8 Å². The standard InChI is InChI=1S/C24H20Cl2N2O5S/c1-12(29)32-11-14-4-6-19(33-14)22-21-15(16-9-13(31-2)3-5-18(16)27-21)7-8-28(22)24(30)17-10-20(25)34-23(17)26/h3-6,9-10,22,27H,7-8,11H2,1-2H3. The number of furan rings is 1. The molecule has 4 heterocycles. The van der Waals surface area contributed by atoms with Crippen molar-refractivity contribution >= 4 is 57.3 Å². The van der Waals surface area contributed by atoms with E-state index >= 15 is 0 Å². The Morgan fingerprint density at radius 2 is 2.06 bits per heavy atom. The average Bonchev–Trinajstić information content (AvgIpc) is 3.52. The van der Waals surface area contributed by atoms with E-state index in [1.165, 1.54) is 6.92 Å². The highest BCUT2D eigenvalue weighted by Crippen LogP contribution is 2.42. The van der Waals surface area contributed by atoms with E-state index in [1.54, 1.807) is 30.2 Å². The lowest BCUT2D eigenvalue weighted by Crippen LogP contribution is -2.40. The molecule has 1 atom stereocenters. The number of amides is 1. The van der Waals surface area contributed by atoms with Crippen LogP contribution in [0.15, 0.2) is 40.8 Å². The number of esters is 1. The maximum Gasteiger partial charge on any atom is 0.303 e. The summed E-state index contributed by atoms with van der Waals surface area (Å²) < 4.78 is 17.3. The molecule has 1 amide bonds. The minimum absolute atomic E-state index is 0.0126. The minimum atomic E-state index is -0.532. The van der Waals surface area contributed by atoms with Crippen LogP contribution in [0.1, 0.15) is 46.1 Å². The van der Waals surface area contributed by atoms with Crippen molar-refractivity contribution in [2.75, 3.05) is 13.7 Å². The molecule has 5 rings (SSSR count). The summed E-state index contributed by atoms with van der Waals surface area (Å²) in [6.07, 6.45) is 0.640. The molecule has 10 heteroatoms. The van der Waals surface area contributed by atoms with Gasteiger partial charge in [-0.1, -0.05) is 23.2 Å². The average molecular weight is 519 g/mol. The Morgan fingerprint density at radius 3 is 2.76 bits per heavy atom. The molecule has 1 unspecified atom stereocenters. The van der Waals surface area contributed by atoms with Gasteiger partial charge in [-0.3, -0.25) is 9.59 Å². The number of benzene rings is 1. The van der Waals surface area contributed by atoms with E-state index in [2.05, 4.69) is 4.98 Å². The van der Waals surface area contributed by atoms with Crippen molar-refractivity contribution in [1.29, 1.82) is 0 Å². The second kappa shape index (κ2) is 9.02. The second-order valence-electron chi connectivity index (χ2n) is 7.90. The first kappa shape index (κ1) is 22.8. The monoisotopic (exact) mass is 518 g/mol. The second-order valence-corrected chi connectivity index (χ2v) is 10.2. The summed E-state index contributed by atoms with van der Waals surface area (Å²) in [5, 5.41) is 1.04. The number of ether oxygens (including phenoxy) is 2. The van der Waals surface area contributed by atoms with Crippen LogP contribution in [0.25, 0.3) is 10.9 Å². The predicted octanol–water partition coefficient (Wildman–Crippen LogP) is 5.99. The Kier molecular flexibility index (Phi) is 6.06. The Balaban J connectivity index is 1.61. The summed E-state index contributed by atoms with van der Waals surface area (Å²) in [7, 11) is 1.63. The lowest BCUT2D eigenvalue weighted by Gasteiger charge is -2.34. The molecule has 1 aliphatic heterocycles. The van der Waals surface area contributed by atoms with Crippen molar-refractivity contribution in [3.8, 4) is 5.75 Å². The Labute approximate surface area is 209 Å². The van der Waals surface area contributed by atoms with Gasteiger partial charge in [0.25, 0.3) is 5.91 Å². The number of fused-ring (bicyclic) bond motifs is 3. The molecule has 7 nitrogen and oxygen atoms in total. The molecule has 1 N–H and O–H groups in total. The van der Waals surface area contributed by atoms with Gasteiger partial charge in [0, 0.05) is 24.4 Å². The lowest BCUT2D eigenvalue weighted by molar-refractivity contribution is -0.142. The summed E-state index contributed by atoms with van der Waals surface area (Å²) in [5.41, 5.74) is 3.24. The molecule has 1 aliphatic rings. The molecule has 0 spiro atoms. The van der Waals surface area contributed by atoms with Crippen molar-refractivity contribution in [3.05, 3.63) is 73.4 Å². The van der Waals surface area contributed by atoms with Crippen LogP contribution in [0.5, 0.6) is 5.75 Å². The molecule has 0 aliphatic carbocycles. The first-order valence-electron chi connectivity index (χ1n) is 10.5. The number of carbonyl (C=O) groups is 2. The van der Waals surface area contributed by atoms with Gasteiger partial charge < -0.3 is 23.8 Å². The Morgan fingerprint density at radius 1 is 1.24 bits per heavy atom. The SMILES string of the molecule is COc1ccc2[nH]c3c(c2c1)CCN(C(=O)c1cc(Cl)sc1Cl)C3c1ccc(COC(C)=O)o1. The zero-order valence-electron chi connectivity index (χ0n) is 18.3. The van der Waals surface area contributed by atoms with Crippen LogP contribution >= 0.6 is 34.5 Å². The van der Waals surface area contributed by atoms with Crippen LogP contribution in [0.2, 0.25) is 8.67 Å². The first-order chi connectivity index (χ1) is 16.4. The fourth-order valence-corrected chi connectivity index (χ4v) is 5.79. The van der Waals surface area contributed by atoms with Crippen molar-refractivity contribution in [2.45, 2.75) is 26.0 Å². The normalized spacial score (nSPS) is 15.4. The zero-order valence-corrected chi connectivity index (χ0v) is 20.6. The summed E-state index contributed by atoms with van der Waals surface area (Å²) in [6, 6.07) is 10.4. The lowest BCUT2D eigenvalue weighted by atomic mass is 9.95. The van der Waals surface area contributed by atoms with Gasteiger partial charge in [0.1, 0.15) is 34.3 Å². The third-order valence-corrected chi connectivity index (χ3v) is 7.34. The van der Waals surface area contributed by atoms with Crippen molar-refractivity contribution in [3.63, 3.8) is 0 Å². The van der Waals surface area contributed by atoms with Gasteiger partial charge in [-0.15, -0.1) is 11.3 Å². The molecule has 0 fully saturated rings. The number of aromatic amines is 1. The maximum absolute atomic E-state index is 13.6. The summed E-state index contributed by atoms with van der Waals surface area (Å²) >= 11 is 13.6. The number of halogens is 2. The Bertz CT molecular complexity index is 1410. The fourth-order valence-electron chi connectivity index (χ4n) is 4.34. The predicted molar refractivity (Wildman–Crippen MR) is 130 cm³/mol. The molecule has 34 heavy (non-hydrogen) atoms. The number of H-pyrrole nitrogens is 1. The molecule has 0 bridgehead atoms. The van der Waals surface area contributed by atoms with E-state index in [0.29, 0.717) is 38.7 Å². The van der Waals surface area contributed by atoms with Crippen molar-refractivity contribution in [2.24, 2.45) is 0 Å². The molecule has 0 saturated heterocycles. The quantitative estimate of drug-likeness (QED) is 0.328. The molecule has 0 saturated carbocycles. The highest BCUT2D eigenvalue weighted by atomic mass is 35.5. The minimum Gasteiger partial charge on any atom is -0.497 e. The van der Waals surface area contributed by atoms with Crippen LogP contribution in [0, 0.1) is 0 Å². The number of nitrogens with one attached hydrogen (secondary N) is 1. The van der Waals surface area contributed by atoms with Gasteiger partial charge in [-0.25, -0.2) is 0 Å². The molecule has 3 aromatic heterocycles. The highest BCUT2D eigenvalue weighted by Gasteiger charge is 2.38. The van der Waals surface area contributed by atoms with E-state index in [0.717, 1.165) is 39.2 Å². The molecule has 1 aromatic carbocycles. The van der Waals surface area contributed by atoms with Crippen LogP contribution in [0.4, 0.5) is 0 Å². The fraction of sp³-hybridized carbons (Fsp3) is 0.250. The molecule has 4 aromatic rings. The zero-order chi connectivity index (χ0) is 24.0. The van der Waals surface area contributed by atoms with Gasteiger partial charge in [0.15, 0.2) is 0 Å². The van der Waals surface area contributed by atoms with E-state index in [1.807, 2.05) is 18.2 Å². The van der Waals surface area contributed by atoms with Gasteiger partial charge >= 0.3 is 5.97 Å². The number of thiophene rings is 1. The molecular weight excluding hydrogens is 499 g/mol. The number of rotatable bonds is 5. The van der Waals surface area contributed by atoms with Gasteiger partial charge in [-0.2, -0.15) is 0 Å². The number of hydrogen-bond donors (Lipinski definition) is 1. The van der Waals surface area contributed by atoms with E-state index in [-0.39, 0.29) is 12.5 Å². The van der Waals surface area contributed by atoms with Gasteiger partial charge in [0.05, 0.1) is 22.7 Å². The van der Waals surface area contributed by atoms with E-state index in [4.69, 9.17) is 37.1 Å². The maximum atomic E-state index is 13.6. The molecular formula is C24H20Cl2N2O5S. The van der Waals surface area contributed by atoms with E-state index in [9.17, 15) is 9.59 Å². The largest absolute Gasteiger partial charge is 0.497 e. The molecule has 0 radical (unpaired) electrons. The number of carbonyl (C=O) groups excluding carboxylic acids is 2. The molecule has 176 valence electrons. The number of methoxy groups -OCH3 is 1. The van der Waals surface area contributed by atoms with Gasteiger partial charge in [-0.05, 0) is 48.4 Å². The first-order valence-corrected chi connectivity index (χ1v) is 12.1. The summed E-state index contributed by atoms with van der Waals surface area (Å²) in [4.78, 5) is 30.0. The smallest absolute Gasteiger partial charge is 0.303 e. The van der Waals surface area contributed by atoms with Crippen LogP contribution in [0.3, 0.4) is 0 Å². The summed E-state index contributed by atoms with van der Waals surface area (Å²) in [6.45, 7) is 1.80.